The van der Waals surface area contributed by atoms with E-state index in [-0.39, 0.29) is 5.56 Å². The number of carbonyl (C=O) groups is 1. The van der Waals surface area contributed by atoms with Crippen LogP contribution in [0.5, 0.6) is 0 Å². The summed E-state index contributed by atoms with van der Waals surface area (Å²) in [5.41, 5.74) is 2.25. The lowest BCUT2D eigenvalue weighted by Gasteiger charge is -2.11. The van der Waals surface area contributed by atoms with Crippen LogP contribution in [0.25, 0.3) is 28.1 Å². The summed E-state index contributed by atoms with van der Waals surface area (Å²) in [6.07, 6.45) is 2.98. The maximum Gasteiger partial charge on any atom is 0.260 e. The number of nitrogens with one attached hydrogen (secondary N) is 1. The molecule has 4 aromatic rings. The fourth-order valence-corrected chi connectivity index (χ4v) is 3.63. The van der Waals surface area contributed by atoms with Crippen molar-refractivity contribution < 1.29 is 4.79 Å². The van der Waals surface area contributed by atoms with Gasteiger partial charge in [-0.1, -0.05) is 71.7 Å². The van der Waals surface area contributed by atoms with Crippen molar-refractivity contribution in [1.82, 2.24) is 4.98 Å². The second kappa shape index (κ2) is 8.08. The molecule has 0 fully saturated rings. The van der Waals surface area contributed by atoms with Crippen molar-refractivity contribution in [3.8, 4) is 11.1 Å². The number of hydrogen-bond donors (Lipinski definition) is 1. The first-order chi connectivity index (χ1) is 14.0. The van der Waals surface area contributed by atoms with E-state index < -0.39 is 11.3 Å². The number of fused-ring (bicyclic) bond motifs is 1. The molecular formula is C24H15Cl2NO2. The van der Waals surface area contributed by atoms with E-state index in [0.29, 0.717) is 32.1 Å². The summed E-state index contributed by atoms with van der Waals surface area (Å²) >= 11 is 12.4. The monoisotopic (exact) mass is 419 g/mol. The number of benzene rings is 3. The lowest BCUT2D eigenvalue weighted by Crippen LogP contribution is -2.18. The quantitative estimate of drug-likeness (QED) is 0.307. The molecule has 29 heavy (non-hydrogen) atoms. The molecule has 1 N–H and O–H groups in total. The van der Waals surface area contributed by atoms with Gasteiger partial charge in [0, 0.05) is 26.5 Å². The largest absolute Gasteiger partial charge is 0.321 e. The van der Waals surface area contributed by atoms with Crippen LogP contribution in [-0.4, -0.2) is 10.8 Å². The van der Waals surface area contributed by atoms with Crippen LogP contribution in [0, 0.1) is 0 Å². The Morgan fingerprint density at radius 2 is 1.62 bits per heavy atom. The topological polar surface area (TPSA) is 49.9 Å². The minimum absolute atomic E-state index is 0.0641. The molecule has 0 atom stereocenters. The van der Waals surface area contributed by atoms with Crippen LogP contribution in [0.1, 0.15) is 15.9 Å². The van der Waals surface area contributed by atoms with Crippen molar-refractivity contribution in [3.63, 3.8) is 0 Å². The van der Waals surface area contributed by atoms with E-state index in [2.05, 4.69) is 4.98 Å². The smallest absolute Gasteiger partial charge is 0.260 e. The number of carbonyl (C=O) groups excluding carboxylic acids is 1. The summed E-state index contributed by atoms with van der Waals surface area (Å²) in [6, 6.07) is 21.7. The molecule has 0 aliphatic rings. The van der Waals surface area contributed by atoms with Gasteiger partial charge in [-0.3, -0.25) is 9.59 Å². The molecule has 0 saturated carbocycles. The van der Waals surface area contributed by atoms with E-state index >= 15 is 0 Å². The fourth-order valence-electron chi connectivity index (χ4n) is 3.26. The highest BCUT2D eigenvalue weighted by molar-refractivity contribution is 6.32. The average Bonchev–Trinajstić information content (AvgIpc) is 2.73. The molecule has 1 heterocycles. The van der Waals surface area contributed by atoms with Gasteiger partial charge in [-0.25, -0.2) is 0 Å². The Bertz CT molecular complexity index is 1310. The van der Waals surface area contributed by atoms with Crippen LogP contribution in [0.15, 0.2) is 83.7 Å². The predicted octanol–water partition coefficient (Wildman–Crippen LogP) is 6.40. The number of pyridine rings is 1. The van der Waals surface area contributed by atoms with Crippen LogP contribution in [0.4, 0.5) is 0 Å². The van der Waals surface area contributed by atoms with Gasteiger partial charge in [0.2, 0.25) is 0 Å². The first-order valence-electron chi connectivity index (χ1n) is 8.92. The van der Waals surface area contributed by atoms with Gasteiger partial charge < -0.3 is 4.98 Å². The van der Waals surface area contributed by atoms with Gasteiger partial charge >= 0.3 is 0 Å². The number of H-pyrrole nitrogens is 1. The van der Waals surface area contributed by atoms with Crippen LogP contribution in [0.2, 0.25) is 10.0 Å². The van der Waals surface area contributed by atoms with Crippen LogP contribution in [0.3, 0.4) is 0 Å². The van der Waals surface area contributed by atoms with Crippen molar-refractivity contribution in [2.24, 2.45) is 0 Å². The molecule has 0 bridgehead atoms. The Kier molecular flexibility index (Phi) is 5.34. The fraction of sp³-hybridized carbons (Fsp3) is 0. The van der Waals surface area contributed by atoms with Gasteiger partial charge in [0.15, 0.2) is 5.78 Å². The van der Waals surface area contributed by atoms with Gasteiger partial charge in [0.1, 0.15) is 0 Å². The number of halogens is 2. The third kappa shape index (κ3) is 3.88. The zero-order chi connectivity index (χ0) is 20.4. The molecule has 0 aliphatic carbocycles. The lowest BCUT2D eigenvalue weighted by molar-refractivity contribution is 0.104. The van der Waals surface area contributed by atoms with Crippen LogP contribution in [-0.2, 0) is 0 Å². The summed E-state index contributed by atoms with van der Waals surface area (Å²) in [7, 11) is 0. The molecule has 142 valence electrons. The third-order valence-corrected chi connectivity index (χ3v) is 5.18. The highest BCUT2D eigenvalue weighted by atomic mass is 35.5. The highest BCUT2D eigenvalue weighted by Gasteiger charge is 2.19. The van der Waals surface area contributed by atoms with E-state index in [1.165, 1.54) is 6.08 Å². The van der Waals surface area contributed by atoms with Gasteiger partial charge in [0.25, 0.3) is 5.56 Å². The van der Waals surface area contributed by atoms with E-state index in [0.717, 1.165) is 5.56 Å². The summed E-state index contributed by atoms with van der Waals surface area (Å²) in [5.74, 6) is -0.410. The average molecular weight is 420 g/mol. The summed E-state index contributed by atoms with van der Waals surface area (Å²) in [6.45, 7) is 0. The second-order valence-electron chi connectivity index (χ2n) is 6.48. The zero-order valence-electron chi connectivity index (χ0n) is 15.2. The molecule has 4 rings (SSSR count). The minimum atomic E-state index is -0.451. The molecule has 3 aromatic carbocycles. The summed E-state index contributed by atoms with van der Waals surface area (Å²) in [5, 5.41) is 1.75. The van der Waals surface area contributed by atoms with E-state index in [4.69, 9.17) is 23.2 Å². The zero-order valence-corrected chi connectivity index (χ0v) is 16.7. The maximum atomic E-state index is 13.1. The SMILES string of the molecule is O=C(C=Cc1ccccc1Cl)c1c(-c2ccccc2)c2cc(Cl)ccc2[nH]c1=O. The first-order valence-corrected chi connectivity index (χ1v) is 9.68. The molecular weight excluding hydrogens is 405 g/mol. The number of aromatic nitrogens is 1. The Balaban J connectivity index is 1.94. The Labute approximate surface area is 177 Å². The summed E-state index contributed by atoms with van der Waals surface area (Å²) in [4.78, 5) is 28.7. The Morgan fingerprint density at radius 3 is 2.38 bits per heavy atom. The van der Waals surface area contributed by atoms with E-state index in [1.54, 1.807) is 36.4 Å². The van der Waals surface area contributed by atoms with Crippen LogP contribution >= 0.6 is 23.2 Å². The molecule has 0 spiro atoms. The van der Waals surface area contributed by atoms with Crippen molar-refractivity contribution in [2.45, 2.75) is 0 Å². The number of ketones is 1. The van der Waals surface area contributed by atoms with Crippen molar-refractivity contribution in [3.05, 3.63) is 110 Å². The van der Waals surface area contributed by atoms with Gasteiger partial charge in [-0.15, -0.1) is 0 Å². The van der Waals surface area contributed by atoms with Gasteiger partial charge in [-0.2, -0.15) is 0 Å². The molecule has 0 amide bonds. The molecule has 0 aliphatic heterocycles. The number of allylic oxidation sites excluding steroid dienone is 1. The van der Waals surface area contributed by atoms with Crippen molar-refractivity contribution in [1.29, 1.82) is 0 Å². The molecule has 0 radical (unpaired) electrons. The van der Waals surface area contributed by atoms with Crippen molar-refractivity contribution in [2.75, 3.05) is 0 Å². The Hall–Kier alpha value is -3.14. The molecule has 1 aromatic heterocycles. The minimum Gasteiger partial charge on any atom is -0.321 e. The van der Waals surface area contributed by atoms with E-state index in [9.17, 15) is 9.59 Å². The normalized spacial score (nSPS) is 11.2. The second-order valence-corrected chi connectivity index (χ2v) is 7.32. The molecule has 0 unspecified atom stereocenters. The molecule has 3 nitrogen and oxygen atoms in total. The standard InChI is InChI=1S/C24H15Cl2NO2/c25-17-11-12-20-18(14-17)22(16-7-2-1-3-8-16)23(24(29)27-20)21(28)13-10-15-6-4-5-9-19(15)26/h1-14H,(H,27,29). The van der Waals surface area contributed by atoms with E-state index in [1.807, 2.05) is 42.5 Å². The summed E-state index contributed by atoms with van der Waals surface area (Å²) < 4.78 is 0. The molecule has 0 saturated heterocycles. The van der Waals surface area contributed by atoms with Gasteiger partial charge in [0.05, 0.1) is 5.56 Å². The van der Waals surface area contributed by atoms with Gasteiger partial charge in [-0.05, 0) is 47.5 Å². The van der Waals surface area contributed by atoms with Crippen molar-refractivity contribution >= 4 is 46.0 Å². The maximum absolute atomic E-state index is 13.1. The highest BCUT2D eigenvalue weighted by Crippen LogP contribution is 2.31. The Morgan fingerprint density at radius 1 is 0.897 bits per heavy atom. The predicted molar refractivity (Wildman–Crippen MR) is 120 cm³/mol. The number of hydrogen-bond acceptors (Lipinski definition) is 2. The molecule has 5 heteroatoms. The van der Waals surface area contributed by atoms with Crippen LogP contribution < -0.4 is 5.56 Å². The lowest BCUT2D eigenvalue weighted by atomic mass is 9.94. The third-order valence-electron chi connectivity index (χ3n) is 4.60. The number of aromatic amines is 1. The first kappa shape index (κ1) is 19.2. The number of rotatable bonds is 4.